The monoisotopic (exact) mass is 437 g/mol. The van der Waals surface area contributed by atoms with Crippen LogP contribution in [0, 0.1) is 5.92 Å². The number of hydrogen-bond donors (Lipinski definition) is 1. The first-order valence-corrected chi connectivity index (χ1v) is 11.7. The molecular formula is C24H27N3O3S. The highest BCUT2D eigenvalue weighted by atomic mass is 32.2. The molecule has 4 rings (SSSR count). The molecule has 2 N–H and O–H groups in total. The molecule has 0 radical (unpaired) electrons. The Labute approximate surface area is 186 Å². The van der Waals surface area contributed by atoms with Crippen LogP contribution in [0.15, 0.2) is 54.6 Å². The molecule has 6 nitrogen and oxygen atoms in total. The maximum atomic E-state index is 12.8. The highest BCUT2D eigenvalue weighted by molar-refractivity contribution is 8.00. The smallest absolute Gasteiger partial charge is 0.253 e. The fourth-order valence-corrected chi connectivity index (χ4v) is 5.43. The number of primary amides is 1. The number of hydrogen-bond acceptors (Lipinski definition) is 4. The second-order valence-electron chi connectivity index (χ2n) is 8.08. The van der Waals surface area contributed by atoms with Crippen molar-refractivity contribution >= 4 is 29.5 Å². The van der Waals surface area contributed by atoms with Crippen molar-refractivity contribution in [1.29, 1.82) is 0 Å². The number of rotatable bonds is 6. The largest absolute Gasteiger partial charge is 0.369 e. The normalized spacial score (nSPS) is 19.6. The van der Waals surface area contributed by atoms with Crippen LogP contribution in [-0.2, 0) is 16.0 Å². The summed E-state index contributed by atoms with van der Waals surface area (Å²) >= 11 is 1.63. The number of nitrogens with two attached hydrogens (primary N) is 1. The predicted octanol–water partition coefficient (Wildman–Crippen LogP) is 2.84. The number of piperidine rings is 1. The highest BCUT2D eigenvalue weighted by Crippen LogP contribution is 2.38. The standard InChI is InChI=1S/C24H27N3O3S/c25-22(29)18-11-13-26(14-12-18)23(30)19-6-8-20(9-7-19)24-27(21(28)16-31-24)15-10-17-4-2-1-3-5-17/h1-9,18,24H,10-16H2,(H2,25,29)/t24-/m0/s1. The van der Waals surface area contributed by atoms with Gasteiger partial charge in [-0.05, 0) is 42.5 Å². The lowest BCUT2D eigenvalue weighted by Gasteiger charge is -2.30. The van der Waals surface area contributed by atoms with E-state index in [1.165, 1.54) is 5.56 Å². The lowest BCUT2D eigenvalue weighted by molar-refractivity contribution is -0.128. The van der Waals surface area contributed by atoms with E-state index in [0.29, 0.717) is 43.8 Å². The topological polar surface area (TPSA) is 83.7 Å². The summed E-state index contributed by atoms with van der Waals surface area (Å²) in [6.07, 6.45) is 2.06. The summed E-state index contributed by atoms with van der Waals surface area (Å²) in [5.41, 5.74) is 8.26. The lowest BCUT2D eigenvalue weighted by atomic mass is 9.96. The summed E-state index contributed by atoms with van der Waals surface area (Å²) in [6, 6.07) is 17.8. The van der Waals surface area contributed by atoms with Crippen LogP contribution in [0.1, 0.15) is 39.7 Å². The van der Waals surface area contributed by atoms with Crippen LogP contribution in [0.4, 0.5) is 0 Å². The third-order valence-electron chi connectivity index (χ3n) is 6.08. The quantitative estimate of drug-likeness (QED) is 0.753. The first-order valence-electron chi connectivity index (χ1n) is 10.7. The van der Waals surface area contributed by atoms with Gasteiger partial charge in [0.1, 0.15) is 5.37 Å². The lowest BCUT2D eigenvalue weighted by Crippen LogP contribution is -2.41. The number of carbonyl (C=O) groups excluding carboxylic acids is 3. The van der Waals surface area contributed by atoms with Gasteiger partial charge in [-0.1, -0.05) is 42.5 Å². The summed E-state index contributed by atoms with van der Waals surface area (Å²) < 4.78 is 0. The fraction of sp³-hybridized carbons (Fsp3) is 0.375. The van der Waals surface area contributed by atoms with Crippen molar-refractivity contribution in [2.24, 2.45) is 11.7 Å². The summed E-state index contributed by atoms with van der Waals surface area (Å²) in [4.78, 5) is 40.3. The van der Waals surface area contributed by atoms with Gasteiger partial charge in [0, 0.05) is 31.1 Å². The number of benzene rings is 2. The molecule has 7 heteroatoms. The van der Waals surface area contributed by atoms with E-state index in [1.54, 1.807) is 16.7 Å². The molecule has 2 aliphatic rings. The van der Waals surface area contributed by atoms with Crippen LogP contribution in [0.5, 0.6) is 0 Å². The van der Waals surface area contributed by atoms with E-state index in [4.69, 9.17) is 5.73 Å². The zero-order valence-electron chi connectivity index (χ0n) is 17.4. The number of likely N-dealkylation sites (tertiary alicyclic amines) is 1. The predicted molar refractivity (Wildman–Crippen MR) is 121 cm³/mol. The minimum atomic E-state index is -0.281. The van der Waals surface area contributed by atoms with Crippen LogP contribution >= 0.6 is 11.8 Å². The van der Waals surface area contributed by atoms with Crippen LogP contribution in [0.2, 0.25) is 0 Å². The van der Waals surface area contributed by atoms with Gasteiger partial charge in [-0.2, -0.15) is 0 Å². The molecular weight excluding hydrogens is 410 g/mol. The molecule has 0 spiro atoms. The van der Waals surface area contributed by atoms with Gasteiger partial charge >= 0.3 is 0 Å². The number of amides is 3. The summed E-state index contributed by atoms with van der Waals surface area (Å²) in [5.74, 6) is 0.200. The van der Waals surface area contributed by atoms with E-state index in [2.05, 4.69) is 12.1 Å². The molecule has 2 heterocycles. The van der Waals surface area contributed by atoms with E-state index in [9.17, 15) is 14.4 Å². The first-order chi connectivity index (χ1) is 15.0. The van der Waals surface area contributed by atoms with Crippen molar-refractivity contribution < 1.29 is 14.4 Å². The molecule has 0 unspecified atom stereocenters. The molecule has 31 heavy (non-hydrogen) atoms. The van der Waals surface area contributed by atoms with Gasteiger partial charge < -0.3 is 15.5 Å². The molecule has 2 aliphatic heterocycles. The van der Waals surface area contributed by atoms with E-state index < -0.39 is 0 Å². The minimum Gasteiger partial charge on any atom is -0.369 e. The van der Waals surface area contributed by atoms with E-state index >= 15 is 0 Å². The zero-order chi connectivity index (χ0) is 21.8. The Balaban J connectivity index is 1.39. The molecule has 162 valence electrons. The second kappa shape index (κ2) is 9.56. The Hall–Kier alpha value is -2.80. The summed E-state index contributed by atoms with van der Waals surface area (Å²) in [7, 11) is 0. The summed E-state index contributed by atoms with van der Waals surface area (Å²) in [6.45, 7) is 1.78. The third kappa shape index (κ3) is 4.93. The Morgan fingerprint density at radius 2 is 1.68 bits per heavy atom. The van der Waals surface area contributed by atoms with Gasteiger partial charge in [-0.25, -0.2) is 0 Å². The molecule has 2 fully saturated rings. The molecule has 2 aromatic rings. The van der Waals surface area contributed by atoms with Crippen molar-refractivity contribution in [1.82, 2.24) is 9.80 Å². The molecule has 2 saturated heterocycles. The van der Waals surface area contributed by atoms with Crippen LogP contribution < -0.4 is 5.73 Å². The van der Waals surface area contributed by atoms with Gasteiger partial charge in [0.25, 0.3) is 5.91 Å². The molecule has 0 aliphatic carbocycles. The molecule has 0 saturated carbocycles. The average Bonchev–Trinajstić information content (AvgIpc) is 3.18. The molecule has 0 aromatic heterocycles. The molecule has 2 aromatic carbocycles. The first kappa shape index (κ1) is 21.4. The van der Waals surface area contributed by atoms with Gasteiger partial charge in [-0.3, -0.25) is 14.4 Å². The second-order valence-corrected chi connectivity index (χ2v) is 9.15. The molecule has 1 atom stereocenters. The SMILES string of the molecule is NC(=O)C1CCN(C(=O)c2ccc([C@@H]3SCC(=O)N3CCc3ccccc3)cc2)CC1. The number of carbonyl (C=O) groups is 3. The molecule has 3 amide bonds. The van der Waals surface area contributed by atoms with Crippen molar-refractivity contribution in [2.45, 2.75) is 24.6 Å². The van der Waals surface area contributed by atoms with Crippen molar-refractivity contribution in [2.75, 3.05) is 25.4 Å². The maximum Gasteiger partial charge on any atom is 0.253 e. The Morgan fingerprint density at radius 3 is 2.32 bits per heavy atom. The van der Waals surface area contributed by atoms with Crippen molar-refractivity contribution in [3.8, 4) is 0 Å². The maximum absolute atomic E-state index is 12.8. The van der Waals surface area contributed by atoms with Gasteiger partial charge in [0.15, 0.2) is 0 Å². The van der Waals surface area contributed by atoms with Gasteiger partial charge in [0.2, 0.25) is 11.8 Å². The van der Waals surface area contributed by atoms with Crippen molar-refractivity contribution in [3.63, 3.8) is 0 Å². The number of thioether (sulfide) groups is 1. The van der Waals surface area contributed by atoms with Gasteiger partial charge in [-0.15, -0.1) is 11.8 Å². The van der Waals surface area contributed by atoms with Gasteiger partial charge in [0.05, 0.1) is 5.75 Å². The Kier molecular flexibility index (Phi) is 6.61. The van der Waals surface area contributed by atoms with E-state index in [-0.39, 0.29) is 29.0 Å². The Bertz CT molecular complexity index is 940. The van der Waals surface area contributed by atoms with E-state index in [1.807, 2.05) is 47.4 Å². The van der Waals surface area contributed by atoms with E-state index in [0.717, 1.165) is 12.0 Å². The summed E-state index contributed by atoms with van der Waals surface area (Å²) in [5, 5.41) is -0.0216. The average molecular weight is 438 g/mol. The minimum absolute atomic E-state index is 0.0216. The van der Waals surface area contributed by atoms with Crippen molar-refractivity contribution in [3.05, 3.63) is 71.3 Å². The highest BCUT2D eigenvalue weighted by Gasteiger charge is 2.33. The van der Waals surface area contributed by atoms with Crippen LogP contribution in [-0.4, -0.2) is 52.9 Å². The third-order valence-corrected chi connectivity index (χ3v) is 7.34. The van der Waals surface area contributed by atoms with Crippen LogP contribution in [0.3, 0.4) is 0 Å². The number of nitrogens with zero attached hydrogens (tertiary/aromatic N) is 2. The van der Waals surface area contributed by atoms with Crippen LogP contribution in [0.25, 0.3) is 0 Å². The molecule has 0 bridgehead atoms. The zero-order valence-corrected chi connectivity index (χ0v) is 18.2. The Morgan fingerprint density at radius 1 is 1.00 bits per heavy atom. The fourth-order valence-electron chi connectivity index (χ4n) is 4.21.